The molecule has 0 saturated heterocycles. The van der Waals surface area contributed by atoms with Crippen molar-refractivity contribution in [3.05, 3.63) is 45.6 Å². The summed E-state index contributed by atoms with van der Waals surface area (Å²) < 4.78 is 11.7. The van der Waals surface area contributed by atoms with Crippen LogP contribution in [0.5, 0.6) is 11.5 Å². The van der Waals surface area contributed by atoms with Crippen LogP contribution in [0.4, 0.5) is 5.69 Å². The molecule has 1 unspecified atom stereocenters. The molecule has 2 aromatic heterocycles. The highest BCUT2D eigenvalue weighted by Crippen LogP contribution is 2.38. The highest BCUT2D eigenvalue weighted by molar-refractivity contribution is 7.14. The maximum absolute atomic E-state index is 5.88. The number of thiophene rings is 1. The van der Waals surface area contributed by atoms with E-state index in [0.29, 0.717) is 13.2 Å². The summed E-state index contributed by atoms with van der Waals surface area (Å²) in [6.07, 6.45) is 1.16. The highest BCUT2D eigenvalue weighted by atomic mass is 32.1. The molecular formula is C19H20N2O2S2. The van der Waals surface area contributed by atoms with E-state index in [-0.39, 0.29) is 6.10 Å². The summed E-state index contributed by atoms with van der Waals surface area (Å²) in [6.45, 7) is 5.40. The summed E-state index contributed by atoms with van der Waals surface area (Å²) in [6, 6.07) is 6.26. The van der Waals surface area contributed by atoms with Crippen LogP contribution in [-0.4, -0.2) is 17.7 Å². The Labute approximate surface area is 155 Å². The molecule has 1 atom stereocenters. The van der Waals surface area contributed by atoms with Crippen molar-refractivity contribution < 1.29 is 9.47 Å². The predicted octanol–water partition coefficient (Wildman–Crippen LogP) is 5.21. The minimum Gasteiger partial charge on any atom is -0.492 e. The fraction of sp³-hybridized carbons (Fsp3) is 0.316. The number of thiazole rings is 1. The van der Waals surface area contributed by atoms with Gasteiger partial charge >= 0.3 is 0 Å². The summed E-state index contributed by atoms with van der Waals surface area (Å²) >= 11 is 3.37. The van der Waals surface area contributed by atoms with Crippen LogP contribution in [0.2, 0.25) is 0 Å². The van der Waals surface area contributed by atoms with Crippen molar-refractivity contribution in [1.82, 2.24) is 4.98 Å². The molecule has 25 heavy (non-hydrogen) atoms. The van der Waals surface area contributed by atoms with Crippen molar-refractivity contribution >= 4 is 28.4 Å². The quantitative estimate of drug-likeness (QED) is 0.645. The molecule has 0 amide bonds. The molecule has 0 radical (unpaired) electrons. The molecule has 0 spiro atoms. The van der Waals surface area contributed by atoms with Gasteiger partial charge in [-0.3, -0.25) is 0 Å². The lowest BCUT2D eigenvalue weighted by molar-refractivity contribution is 0.254. The van der Waals surface area contributed by atoms with Gasteiger partial charge in [0.2, 0.25) is 0 Å². The lowest BCUT2D eigenvalue weighted by Crippen LogP contribution is -2.05. The van der Waals surface area contributed by atoms with E-state index in [4.69, 9.17) is 14.5 Å². The van der Waals surface area contributed by atoms with Crippen LogP contribution in [0, 0.1) is 0 Å². The first-order chi connectivity index (χ1) is 12.2. The van der Waals surface area contributed by atoms with Crippen LogP contribution in [0.1, 0.15) is 25.1 Å². The maximum atomic E-state index is 5.88. The van der Waals surface area contributed by atoms with Gasteiger partial charge in [0.05, 0.1) is 24.5 Å². The van der Waals surface area contributed by atoms with Gasteiger partial charge in [0.15, 0.2) is 0 Å². The van der Waals surface area contributed by atoms with Gasteiger partial charge in [-0.1, -0.05) is 0 Å². The van der Waals surface area contributed by atoms with Crippen molar-refractivity contribution in [2.75, 3.05) is 11.9 Å². The second kappa shape index (κ2) is 7.06. The third kappa shape index (κ3) is 3.50. The number of fused-ring (bicyclic) bond motifs is 1. The molecule has 1 aliphatic rings. The van der Waals surface area contributed by atoms with Crippen molar-refractivity contribution in [2.24, 2.45) is 0 Å². The summed E-state index contributed by atoms with van der Waals surface area (Å²) in [7, 11) is 0. The Morgan fingerprint density at radius 3 is 3.08 bits per heavy atom. The first-order valence-electron chi connectivity index (χ1n) is 8.40. The number of benzene rings is 1. The molecule has 130 valence electrons. The Morgan fingerprint density at radius 1 is 1.36 bits per heavy atom. The van der Waals surface area contributed by atoms with E-state index in [9.17, 15) is 0 Å². The molecule has 3 aromatic rings. The van der Waals surface area contributed by atoms with Crippen LogP contribution in [0.3, 0.4) is 0 Å². The minimum absolute atomic E-state index is 0.228. The zero-order chi connectivity index (χ0) is 17.2. The molecule has 1 aliphatic heterocycles. The lowest BCUT2D eigenvalue weighted by atomic mass is 10.1. The molecule has 0 aliphatic carbocycles. The second-order valence-corrected chi connectivity index (χ2v) is 7.67. The first kappa shape index (κ1) is 16.4. The van der Waals surface area contributed by atoms with Crippen molar-refractivity contribution in [1.29, 1.82) is 0 Å². The van der Waals surface area contributed by atoms with Crippen molar-refractivity contribution in [3.8, 4) is 22.1 Å². The van der Waals surface area contributed by atoms with Gasteiger partial charge < -0.3 is 14.8 Å². The average Bonchev–Trinajstić information content (AvgIpc) is 3.32. The van der Waals surface area contributed by atoms with Crippen molar-refractivity contribution in [2.45, 2.75) is 32.9 Å². The monoisotopic (exact) mass is 372 g/mol. The van der Waals surface area contributed by atoms with Crippen LogP contribution < -0.4 is 14.8 Å². The Bertz CT molecular complexity index is 858. The molecule has 0 bridgehead atoms. The van der Waals surface area contributed by atoms with E-state index in [1.807, 2.05) is 6.92 Å². The normalized spacial score (nSPS) is 15.7. The summed E-state index contributed by atoms with van der Waals surface area (Å²) in [4.78, 5) is 4.72. The molecule has 0 fully saturated rings. The van der Waals surface area contributed by atoms with Gasteiger partial charge in [0.1, 0.15) is 22.6 Å². The number of nitrogens with zero attached hydrogens (tertiary/aromatic N) is 1. The molecular weight excluding hydrogens is 352 g/mol. The summed E-state index contributed by atoms with van der Waals surface area (Å²) in [5, 5.41) is 10.8. The van der Waals surface area contributed by atoms with E-state index in [1.54, 1.807) is 22.7 Å². The predicted molar refractivity (Wildman–Crippen MR) is 104 cm³/mol. The number of ether oxygens (including phenoxy) is 2. The number of hydrogen-bond acceptors (Lipinski definition) is 6. The van der Waals surface area contributed by atoms with Crippen LogP contribution in [0.25, 0.3) is 10.6 Å². The zero-order valence-electron chi connectivity index (χ0n) is 14.2. The van der Waals surface area contributed by atoms with Gasteiger partial charge in [-0.15, -0.1) is 11.3 Å². The van der Waals surface area contributed by atoms with Crippen LogP contribution in [-0.2, 0) is 13.0 Å². The van der Waals surface area contributed by atoms with E-state index in [1.165, 1.54) is 11.1 Å². The molecule has 4 nitrogen and oxygen atoms in total. The maximum Gasteiger partial charge on any atom is 0.142 e. The summed E-state index contributed by atoms with van der Waals surface area (Å²) in [5.41, 5.74) is 4.40. The third-order valence-electron chi connectivity index (χ3n) is 4.08. The number of nitrogens with one attached hydrogen (secondary N) is 1. The van der Waals surface area contributed by atoms with Gasteiger partial charge in [-0.2, -0.15) is 11.3 Å². The molecule has 6 heteroatoms. The number of rotatable bonds is 6. The zero-order valence-corrected chi connectivity index (χ0v) is 15.9. The fourth-order valence-corrected chi connectivity index (χ4v) is 4.48. The second-order valence-electron chi connectivity index (χ2n) is 6.03. The van der Waals surface area contributed by atoms with E-state index < -0.39 is 0 Å². The minimum atomic E-state index is 0.228. The standard InChI is InChI=1S/C19H20N2O2S2/c1-3-22-18-7-14-6-12(2)23-17(14)8-16(18)20-9-15-11-25-19(21-15)13-4-5-24-10-13/h4-5,7-8,10-12,20H,3,6,9H2,1-2H3. The van der Waals surface area contributed by atoms with Gasteiger partial charge in [0.25, 0.3) is 0 Å². The van der Waals surface area contributed by atoms with E-state index >= 15 is 0 Å². The molecule has 3 heterocycles. The van der Waals surface area contributed by atoms with Gasteiger partial charge in [-0.05, 0) is 31.4 Å². The van der Waals surface area contributed by atoms with Crippen molar-refractivity contribution in [3.63, 3.8) is 0 Å². The topological polar surface area (TPSA) is 43.4 Å². The van der Waals surface area contributed by atoms with Crippen LogP contribution >= 0.6 is 22.7 Å². The van der Waals surface area contributed by atoms with E-state index in [2.05, 4.69) is 46.6 Å². The van der Waals surface area contributed by atoms with Crippen LogP contribution in [0.15, 0.2) is 34.3 Å². The Balaban J connectivity index is 1.51. The fourth-order valence-electron chi connectivity index (χ4n) is 2.95. The smallest absolute Gasteiger partial charge is 0.142 e. The average molecular weight is 373 g/mol. The number of anilines is 1. The number of hydrogen-bond donors (Lipinski definition) is 1. The molecule has 1 N–H and O–H groups in total. The lowest BCUT2D eigenvalue weighted by Gasteiger charge is -2.13. The largest absolute Gasteiger partial charge is 0.492 e. The SMILES string of the molecule is CCOc1cc2c(cc1NCc1csc(-c3ccsc3)n1)OC(C)C2. The molecule has 4 rings (SSSR count). The summed E-state index contributed by atoms with van der Waals surface area (Å²) in [5.74, 6) is 1.84. The number of aromatic nitrogens is 1. The Kier molecular flexibility index (Phi) is 4.63. The Hall–Kier alpha value is -2.05. The van der Waals surface area contributed by atoms with E-state index in [0.717, 1.165) is 34.3 Å². The highest BCUT2D eigenvalue weighted by Gasteiger charge is 2.22. The molecule has 0 saturated carbocycles. The molecule has 1 aromatic carbocycles. The van der Waals surface area contributed by atoms with Gasteiger partial charge in [-0.25, -0.2) is 4.98 Å². The first-order valence-corrected chi connectivity index (χ1v) is 10.2. The Morgan fingerprint density at radius 2 is 2.28 bits per heavy atom. The third-order valence-corrected chi connectivity index (χ3v) is 5.70. The van der Waals surface area contributed by atoms with Gasteiger partial charge in [0, 0.05) is 34.4 Å².